The van der Waals surface area contributed by atoms with Gasteiger partial charge in [0.2, 0.25) is 0 Å². The molecule has 2 atom stereocenters. The van der Waals surface area contributed by atoms with Crippen LogP contribution >= 0.6 is 11.8 Å². The van der Waals surface area contributed by atoms with Gasteiger partial charge in [-0.3, -0.25) is 4.79 Å². The second kappa shape index (κ2) is 10.6. The zero-order chi connectivity index (χ0) is 25.1. The van der Waals surface area contributed by atoms with E-state index < -0.39 is 0 Å². The summed E-state index contributed by atoms with van der Waals surface area (Å²) in [5.41, 5.74) is 3.48. The van der Waals surface area contributed by atoms with Crippen molar-refractivity contribution in [2.24, 2.45) is 4.99 Å². The summed E-state index contributed by atoms with van der Waals surface area (Å²) in [6.45, 7) is 9.65. The number of nitrogens with zero attached hydrogens (tertiary/aromatic N) is 4. The summed E-state index contributed by atoms with van der Waals surface area (Å²) >= 11 is 1.41. The van der Waals surface area contributed by atoms with Gasteiger partial charge in [-0.15, -0.1) is 0 Å². The highest BCUT2D eigenvalue weighted by Crippen LogP contribution is 2.34. The van der Waals surface area contributed by atoms with Crippen LogP contribution in [0.4, 0.5) is 0 Å². The van der Waals surface area contributed by atoms with Crippen molar-refractivity contribution in [1.82, 2.24) is 14.7 Å². The standard InChI is InChI=1S/C28H28N4O3S/c1-4-14-34-24-12-10-21(11-13-24)26-22(18-32(30-26)23-8-6-5-7-9-23)15-25-27(33)29-28(36-25)31-16-19(2)35-20(3)17-31/h4-13,15,18-20H,1,14,16-17H2,2-3H3/b25-15-/t19-,20+. The second-order valence-electron chi connectivity index (χ2n) is 8.81. The number of thioether (sulfide) groups is 1. The Labute approximate surface area is 215 Å². The Morgan fingerprint density at radius 3 is 2.53 bits per heavy atom. The molecule has 3 heterocycles. The lowest BCUT2D eigenvalue weighted by atomic mass is 10.1. The van der Waals surface area contributed by atoms with Gasteiger partial charge in [0.15, 0.2) is 5.17 Å². The summed E-state index contributed by atoms with van der Waals surface area (Å²) in [5, 5.41) is 5.60. The fraction of sp³-hybridized carbons (Fsp3) is 0.250. The van der Waals surface area contributed by atoms with Gasteiger partial charge in [0.25, 0.3) is 5.91 Å². The molecule has 36 heavy (non-hydrogen) atoms. The van der Waals surface area contributed by atoms with E-state index >= 15 is 0 Å². The number of carbonyl (C=O) groups is 1. The molecule has 5 rings (SSSR count). The van der Waals surface area contributed by atoms with E-state index in [1.54, 1.807) is 6.08 Å². The Morgan fingerprint density at radius 2 is 1.83 bits per heavy atom. The third-order valence-corrected chi connectivity index (χ3v) is 6.89. The lowest BCUT2D eigenvalue weighted by molar-refractivity contribution is -0.113. The molecule has 1 saturated heterocycles. The summed E-state index contributed by atoms with van der Waals surface area (Å²) in [7, 11) is 0. The second-order valence-corrected chi connectivity index (χ2v) is 9.82. The maximum absolute atomic E-state index is 12.9. The van der Waals surface area contributed by atoms with Crippen LogP contribution in [0.15, 0.2) is 83.3 Å². The molecule has 2 aromatic carbocycles. The Hall–Kier alpha value is -3.62. The maximum atomic E-state index is 12.9. The third kappa shape index (κ3) is 5.29. The van der Waals surface area contributed by atoms with Crippen molar-refractivity contribution in [1.29, 1.82) is 0 Å². The van der Waals surface area contributed by atoms with Crippen LogP contribution < -0.4 is 4.74 Å². The van der Waals surface area contributed by atoms with Gasteiger partial charge in [-0.05, 0) is 68.1 Å². The molecule has 8 heteroatoms. The smallest absolute Gasteiger partial charge is 0.286 e. The molecule has 3 aromatic rings. The van der Waals surface area contributed by atoms with Gasteiger partial charge in [-0.2, -0.15) is 10.1 Å². The number of benzene rings is 2. The molecular formula is C28H28N4O3S. The maximum Gasteiger partial charge on any atom is 0.286 e. The van der Waals surface area contributed by atoms with Gasteiger partial charge in [0.1, 0.15) is 12.4 Å². The molecule has 0 aliphatic carbocycles. The first-order chi connectivity index (χ1) is 17.5. The number of hydrogen-bond donors (Lipinski definition) is 0. The predicted molar refractivity (Wildman–Crippen MR) is 144 cm³/mol. The van der Waals surface area contributed by atoms with Crippen molar-refractivity contribution in [2.45, 2.75) is 26.1 Å². The fourth-order valence-corrected chi connectivity index (χ4v) is 5.23. The predicted octanol–water partition coefficient (Wildman–Crippen LogP) is 5.18. The molecular weight excluding hydrogens is 472 g/mol. The minimum atomic E-state index is -0.228. The number of aromatic nitrogens is 2. The summed E-state index contributed by atoms with van der Waals surface area (Å²) in [4.78, 5) is 20.0. The topological polar surface area (TPSA) is 68.9 Å². The Morgan fingerprint density at radius 1 is 1.11 bits per heavy atom. The Bertz CT molecular complexity index is 1300. The number of morpholine rings is 1. The van der Waals surface area contributed by atoms with E-state index in [0.29, 0.717) is 24.6 Å². The van der Waals surface area contributed by atoms with Crippen LogP contribution in [-0.2, 0) is 9.53 Å². The first kappa shape index (κ1) is 24.1. The van der Waals surface area contributed by atoms with Crippen LogP contribution in [0.3, 0.4) is 0 Å². The van der Waals surface area contributed by atoms with E-state index in [2.05, 4.69) is 16.5 Å². The van der Waals surface area contributed by atoms with Crippen molar-refractivity contribution in [2.75, 3.05) is 19.7 Å². The quantitative estimate of drug-likeness (QED) is 0.343. The number of amides is 1. The van der Waals surface area contributed by atoms with Crippen molar-refractivity contribution in [3.05, 3.63) is 83.9 Å². The molecule has 1 fully saturated rings. The summed E-state index contributed by atoms with van der Waals surface area (Å²) in [5.74, 6) is 0.531. The number of carbonyl (C=O) groups excluding carboxylic acids is 1. The van der Waals surface area contributed by atoms with E-state index in [1.165, 1.54) is 11.8 Å². The highest BCUT2D eigenvalue weighted by Gasteiger charge is 2.31. The molecule has 184 valence electrons. The monoisotopic (exact) mass is 500 g/mol. The minimum absolute atomic E-state index is 0.0920. The van der Waals surface area contributed by atoms with Crippen molar-refractivity contribution < 1.29 is 14.3 Å². The molecule has 2 aliphatic rings. The van der Waals surface area contributed by atoms with Gasteiger partial charge in [-0.1, -0.05) is 30.9 Å². The zero-order valence-corrected chi connectivity index (χ0v) is 21.1. The summed E-state index contributed by atoms with van der Waals surface area (Å²) in [6.07, 6.45) is 5.74. The van der Waals surface area contributed by atoms with Gasteiger partial charge >= 0.3 is 0 Å². The number of aliphatic imine (C=N–C) groups is 1. The Kier molecular flexibility index (Phi) is 7.06. The van der Waals surface area contributed by atoms with E-state index in [4.69, 9.17) is 14.6 Å². The highest BCUT2D eigenvalue weighted by molar-refractivity contribution is 8.18. The van der Waals surface area contributed by atoms with Gasteiger partial charge < -0.3 is 14.4 Å². The van der Waals surface area contributed by atoms with Crippen LogP contribution in [-0.4, -0.2) is 57.7 Å². The average molecular weight is 501 g/mol. The first-order valence-corrected chi connectivity index (χ1v) is 12.7. The molecule has 1 aromatic heterocycles. The minimum Gasteiger partial charge on any atom is -0.490 e. The van der Waals surface area contributed by atoms with Gasteiger partial charge in [0.05, 0.1) is 28.5 Å². The van der Waals surface area contributed by atoms with Crippen molar-refractivity contribution >= 4 is 28.9 Å². The summed E-state index contributed by atoms with van der Waals surface area (Å²) < 4.78 is 13.3. The number of hydrogen-bond acceptors (Lipinski definition) is 6. The first-order valence-electron chi connectivity index (χ1n) is 11.9. The molecule has 7 nitrogen and oxygen atoms in total. The summed E-state index contributed by atoms with van der Waals surface area (Å²) in [6, 6.07) is 17.7. The van der Waals surface area contributed by atoms with Crippen LogP contribution in [0, 0.1) is 0 Å². The lowest BCUT2D eigenvalue weighted by Gasteiger charge is -2.35. The molecule has 0 unspecified atom stereocenters. The van der Waals surface area contributed by atoms with Crippen molar-refractivity contribution in [3.63, 3.8) is 0 Å². The number of amidine groups is 1. The Balaban J connectivity index is 1.46. The zero-order valence-electron chi connectivity index (χ0n) is 20.3. The number of para-hydroxylation sites is 1. The molecule has 0 spiro atoms. The van der Waals surface area contributed by atoms with Gasteiger partial charge in [-0.25, -0.2) is 4.68 Å². The molecule has 2 aliphatic heterocycles. The van der Waals surface area contributed by atoms with Crippen LogP contribution in [0.1, 0.15) is 19.4 Å². The molecule has 0 radical (unpaired) electrons. The normalized spacial score (nSPS) is 21.1. The molecule has 0 bridgehead atoms. The third-order valence-electron chi connectivity index (χ3n) is 5.84. The number of ether oxygens (including phenoxy) is 2. The average Bonchev–Trinajstić information content (AvgIpc) is 3.47. The van der Waals surface area contributed by atoms with Crippen LogP contribution in [0.2, 0.25) is 0 Å². The SMILES string of the molecule is C=CCOc1ccc(-c2nn(-c3ccccc3)cc2/C=C2\SC(N3C[C@@H](C)O[C@@H](C)C3)=NC2=O)cc1. The molecule has 0 saturated carbocycles. The molecule has 0 N–H and O–H groups in total. The van der Waals surface area contributed by atoms with E-state index in [9.17, 15) is 4.79 Å². The highest BCUT2D eigenvalue weighted by atomic mass is 32.2. The molecule has 1 amide bonds. The fourth-order valence-electron chi connectivity index (χ4n) is 4.30. The van der Waals surface area contributed by atoms with Gasteiger partial charge in [0, 0.05) is 30.4 Å². The van der Waals surface area contributed by atoms with Crippen molar-refractivity contribution in [3.8, 4) is 22.7 Å². The van der Waals surface area contributed by atoms with E-state index in [1.807, 2.05) is 85.4 Å². The van der Waals surface area contributed by atoms with E-state index in [0.717, 1.165) is 33.4 Å². The van der Waals surface area contributed by atoms with Crippen LogP contribution in [0.25, 0.3) is 23.0 Å². The lowest BCUT2D eigenvalue weighted by Crippen LogP contribution is -2.47. The number of rotatable bonds is 6. The largest absolute Gasteiger partial charge is 0.490 e. The van der Waals surface area contributed by atoms with E-state index in [-0.39, 0.29) is 18.1 Å². The van der Waals surface area contributed by atoms with Crippen LogP contribution in [0.5, 0.6) is 5.75 Å².